The summed E-state index contributed by atoms with van der Waals surface area (Å²) in [6.07, 6.45) is 5.38. The molecule has 0 bridgehead atoms. The minimum absolute atomic E-state index is 0.419. The molecule has 1 unspecified atom stereocenters. The van der Waals surface area contributed by atoms with Gasteiger partial charge >= 0.3 is 0 Å². The summed E-state index contributed by atoms with van der Waals surface area (Å²) in [7, 11) is 0. The molecule has 0 aromatic heterocycles. The quantitative estimate of drug-likeness (QED) is 0.800. The van der Waals surface area contributed by atoms with E-state index in [0.717, 1.165) is 18.3 Å². The maximum atomic E-state index is 5.74. The van der Waals surface area contributed by atoms with E-state index in [1.165, 1.54) is 31.2 Å². The van der Waals surface area contributed by atoms with Gasteiger partial charge in [0.05, 0.1) is 6.61 Å². The smallest absolute Gasteiger partial charge is 0.119 e. The molecule has 0 aliphatic heterocycles. The third-order valence-corrected chi connectivity index (χ3v) is 4.46. The second-order valence-electron chi connectivity index (χ2n) is 7.12. The molecule has 0 saturated heterocycles. The van der Waals surface area contributed by atoms with Gasteiger partial charge in [-0.15, -0.1) is 0 Å². The number of benzene rings is 1. The van der Waals surface area contributed by atoms with Gasteiger partial charge in [0.25, 0.3) is 0 Å². The van der Waals surface area contributed by atoms with Gasteiger partial charge in [0, 0.05) is 12.1 Å². The topological polar surface area (TPSA) is 21.3 Å². The zero-order valence-electron chi connectivity index (χ0n) is 14.1. The van der Waals surface area contributed by atoms with Crippen molar-refractivity contribution in [3.05, 3.63) is 29.8 Å². The number of rotatable bonds is 6. The summed E-state index contributed by atoms with van der Waals surface area (Å²) in [5.74, 6) is 2.46. The SMILES string of the molecule is CC(C)COc1ccc(C(C)NC2CCC(C)CC2)cc1. The van der Waals surface area contributed by atoms with Crippen LogP contribution in [0.25, 0.3) is 0 Å². The summed E-state index contributed by atoms with van der Waals surface area (Å²) in [6.45, 7) is 9.77. The summed E-state index contributed by atoms with van der Waals surface area (Å²) in [4.78, 5) is 0. The van der Waals surface area contributed by atoms with Crippen molar-refractivity contribution in [1.29, 1.82) is 0 Å². The summed E-state index contributed by atoms with van der Waals surface area (Å²) >= 11 is 0. The normalized spacial score (nSPS) is 24.0. The predicted octanol–water partition coefficient (Wildman–Crippen LogP) is 4.95. The molecule has 2 nitrogen and oxygen atoms in total. The van der Waals surface area contributed by atoms with Crippen LogP contribution in [0.4, 0.5) is 0 Å². The van der Waals surface area contributed by atoms with Crippen LogP contribution in [0.15, 0.2) is 24.3 Å². The third kappa shape index (κ3) is 5.35. The molecule has 1 N–H and O–H groups in total. The summed E-state index contributed by atoms with van der Waals surface area (Å²) in [5.41, 5.74) is 1.35. The molecule has 1 atom stereocenters. The molecule has 2 rings (SSSR count). The van der Waals surface area contributed by atoms with Crippen LogP contribution in [0, 0.1) is 11.8 Å². The number of hydrogen-bond acceptors (Lipinski definition) is 2. The first-order chi connectivity index (χ1) is 10.0. The van der Waals surface area contributed by atoms with Crippen LogP contribution in [-0.2, 0) is 0 Å². The molecule has 21 heavy (non-hydrogen) atoms. The van der Waals surface area contributed by atoms with Gasteiger partial charge in [-0.2, -0.15) is 0 Å². The lowest BCUT2D eigenvalue weighted by atomic mass is 9.87. The van der Waals surface area contributed by atoms with Gasteiger partial charge in [0.1, 0.15) is 5.75 Å². The lowest BCUT2D eigenvalue weighted by Gasteiger charge is -2.29. The zero-order chi connectivity index (χ0) is 15.2. The average Bonchev–Trinajstić information content (AvgIpc) is 2.48. The van der Waals surface area contributed by atoms with E-state index < -0.39 is 0 Å². The molecule has 1 aromatic carbocycles. The van der Waals surface area contributed by atoms with E-state index >= 15 is 0 Å². The Morgan fingerprint density at radius 1 is 1.05 bits per heavy atom. The Kier molecular flexibility index (Phi) is 6.10. The Hall–Kier alpha value is -1.02. The minimum Gasteiger partial charge on any atom is -0.493 e. The molecule has 1 saturated carbocycles. The van der Waals surface area contributed by atoms with E-state index in [9.17, 15) is 0 Å². The van der Waals surface area contributed by atoms with Crippen molar-refractivity contribution < 1.29 is 4.74 Å². The fourth-order valence-electron chi connectivity index (χ4n) is 2.99. The van der Waals surface area contributed by atoms with Crippen molar-refractivity contribution in [3.8, 4) is 5.75 Å². The third-order valence-electron chi connectivity index (χ3n) is 4.46. The first-order valence-electron chi connectivity index (χ1n) is 8.53. The summed E-state index contributed by atoms with van der Waals surface area (Å²) in [6, 6.07) is 9.69. The van der Waals surface area contributed by atoms with Crippen LogP contribution >= 0.6 is 0 Å². The zero-order valence-corrected chi connectivity index (χ0v) is 14.1. The van der Waals surface area contributed by atoms with Crippen LogP contribution in [0.2, 0.25) is 0 Å². The maximum Gasteiger partial charge on any atom is 0.119 e. The Bertz CT molecular complexity index is 404. The van der Waals surface area contributed by atoms with Gasteiger partial charge in [-0.1, -0.05) is 32.9 Å². The fourth-order valence-corrected chi connectivity index (χ4v) is 2.99. The highest BCUT2D eigenvalue weighted by Gasteiger charge is 2.19. The molecule has 1 aliphatic carbocycles. The van der Waals surface area contributed by atoms with E-state index in [1.807, 2.05) is 0 Å². The van der Waals surface area contributed by atoms with E-state index in [2.05, 4.69) is 57.3 Å². The van der Waals surface area contributed by atoms with Crippen molar-refractivity contribution in [1.82, 2.24) is 5.32 Å². The van der Waals surface area contributed by atoms with Crippen molar-refractivity contribution in [2.45, 2.75) is 65.5 Å². The second-order valence-corrected chi connectivity index (χ2v) is 7.12. The van der Waals surface area contributed by atoms with Crippen molar-refractivity contribution >= 4 is 0 Å². The monoisotopic (exact) mass is 289 g/mol. The van der Waals surface area contributed by atoms with Gasteiger partial charge in [-0.25, -0.2) is 0 Å². The largest absolute Gasteiger partial charge is 0.493 e. The molecule has 1 aliphatic rings. The molecule has 1 aromatic rings. The Morgan fingerprint density at radius 3 is 2.24 bits per heavy atom. The molecular formula is C19H31NO. The molecule has 0 spiro atoms. The number of nitrogens with one attached hydrogen (secondary N) is 1. The van der Waals surface area contributed by atoms with E-state index in [4.69, 9.17) is 4.74 Å². The Balaban J connectivity index is 1.83. The lowest BCUT2D eigenvalue weighted by molar-refractivity contribution is 0.270. The predicted molar refractivity (Wildman–Crippen MR) is 89.7 cm³/mol. The first-order valence-corrected chi connectivity index (χ1v) is 8.53. The second kappa shape index (κ2) is 7.84. The van der Waals surface area contributed by atoms with E-state index in [-0.39, 0.29) is 0 Å². The molecule has 0 radical (unpaired) electrons. The summed E-state index contributed by atoms with van der Waals surface area (Å²) in [5, 5.41) is 3.78. The molecule has 1 fully saturated rings. The van der Waals surface area contributed by atoms with Crippen LogP contribution < -0.4 is 10.1 Å². The minimum atomic E-state index is 0.419. The molecule has 118 valence electrons. The van der Waals surface area contributed by atoms with E-state index in [0.29, 0.717) is 18.0 Å². The van der Waals surface area contributed by atoms with Gasteiger partial charge < -0.3 is 10.1 Å². The molecule has 0 amide bonds. The van der Waals surface area contributed by atoms with Gasteiger partial charge in [-0.3, -0.25) is 0 Å². The highest BCUT2D eigenvalue weighted by molar-refractivity contribution is 5.29. The van der Waals surface area contributed by atoms with Crippen LogP contribution in [0.3, 0.4) is 0 Å². The highest BCUT2D eigenvalue weighted by Crippen LogP contribution is 2.26. The van der Waals surface area contributed by atoms with Crippen LogP contribution in [0.5, 0.6) is 5.75 Å². The Morgan fingerprint density at radius 2 is 1.67 bits per heavy atom. The highest BCUT2D eigenvalue weighted by atomic mass is 16.5. The molecular weight excluding hydrogens is 258 g/mol. The van der Waals surface area contributed by atoms with Crippen LogP contribution in [0.1, 0.15) is 65.0 Å². The van der Waals surface area contributed by atoms with Crippen molar-refractivity contribution in [2.24, 2.45) is 11.8 Å². The number of ether oxygens (including phenoxy) is 1. The fraction of sp³-hybridized carbons (Fsp3) is 0.684. The standard InChI is InChI=1S/C19H31NO/c1-14(2)13-21-19-11-7-17(8-12-19)16(4)20-18-9-5-15(3)6-10-18/h7-8,11-12,14-16,18,20H,5-6,9-10,13H2,1-4H3. The summed E-state index contributed by atoms with van der Waals surface area (Å²) < 4.78 is 5.74. The van der Waals surface area contributed by atoms with Crippen LogP contribution in [-0.4, -0.2) is 12.6 Å². The van der Waals surface area contributed by atoms with Gasteiger partial charge in [0.15, 0.2) is 0 Å². The molecule has 2 heteroatoms. The van der Waals surface area contributed by atoms with Gasteiger partial charge in [-0.05, 0) is 62.1 Å². The first kappa shape index (κ1) is 16.4. The van der Waals surface area contributed by atoms with Gasteiger partial charge in [0.2, 0.25) is 0 Å². The van der Waals surface area contributed by atoms with E-state index in [1.54, 1.807) is 0 Å². The Labute approximate surface area is 130 Å². The average molecular weight is 289 g/mol. The molecule has 0 heterocycles. The number of hydrogen-bond donors (Lipinski definition) is 1. The lowest BCUT2D eigenvalue weighted by Crippen LogP contribution is -2.34. The van der Waals surface area contributed by atoms with Crippen molar-refractivity contribution in [3.63, 3.8) is 0 Å². The van der Waals surface area contributed by atoms with Crippen molar-refractivity contribution in [2.75, 3.05) is 6.61 Å². The maximum absolute atomic E-state index is 5.74.